The van der Waals surface area contributed by atoms with E-state index in [1.807, 2.05) is 37.3 Å². The molecule has 1 amide bonds. The predicted molar refractivity (Wildman–Crippen MR) is 64.7 cm³/mol. The van der Waals surface area contributed by atoms with Gasteiger partial charge in [0.05, 0.1) is 5.69 Å². The van der Waals surface area contributed by atoms with Crippen molar-refractivity contribution in [3.63, 3.8) is 0 Å². The fourth-order valence-corrected chi connectivity index (χ4v) is 1.86. The summed E-state index contributed by atoms with van der Waals surface area (Å²) in [7, 11) is 1.78. The average molecular weight is 217 g/mol. The molecule has 0 aromatic heterocycles. The lowest BCUT2D eigenvalue weighted by Crippen LogP contribution is -2.42. The summed E-state index contributed by atoms with van der Waals surface area (Å²) in [4.78, 5) is 13.4. The maximum Gasteiger partial charge on any atom is 0.267 e. The Balaban J connectivity index is 2.55. The number of carbonyl (C=O) groups is 1. The number of amides is 1. The molecule has 0 N–H and O–H groups in total. The van der Waals surface area contributed by atoms with Crippen LogP contribution in [0.25, 0.3) is 6.08 Å². The third-order valence-corrected chi connectivity index (χ3v) is 2.71. The van der Waals surface area contributed by atoms with Crippen molar-refractivity contribution in [2.75, 3.05) is 11.9 Å². The molecule has 3 heteroatoms. The highest BCUT2D eigenvalue weighted by Gasteiger charge is 2.29. The molecule has 0 radical (unpaired) electrons. The molecule has 0 aliphatic carbocycles. The molecule has 1 atom stereocenters. The first-order chi connectivity index (χ1) is 7.65. The number of fused-ring (bicyclic) bond motifs is 1. The number of anilines is 1. The van der Waals surface area contributed by atoms with E-state index in [4.69, 9.17) is 4.74 Å². The molecular weight excluding hydrogens is 202 g/mol. The Kier molecular flexibility index (Phi) is 2.69. The molecule has 0 saturated carbocycles. The molecule has 1 heterocycles. The molecule has 1 aliphatic heterocycles. The number of nitrogens with zero attached hydrogens (tertiary/aromatic N) is 1. The second kappa shape index (κ2) is 4.00. The molecular formula is C13H15NO2. The van der Waals surface area contributed by atoms with Crippen LogP contribution in [0.4, 0.5) is 5.69 Å². The molecule has 0 fully saturated rings. The van der Waals surface area contributed by atoms with E-state index in [1.54, 1.807) is 18.9 Å². The van der Waals surface area contributed by atoms with Crippen LogP contribution in [0.15, 0.2) is 24.3 Å². The zero-order chi connectivity index (χ0) is 11.7. The van der Waals surface area contributed by atoms with Crippen LogP contribution in [0.1, 0.15) is 19.4 Å². The van der Waals surface area contributed by atoms with E-state index in [0.29, 0.717) is 0 Å². The van der Waals surface area contributed by atoms with Crippen LogP contribution in [0.2, 0.25) is 0 Å². The van der Waals surface area contributed by atoms with Gasteiger partial charge in [-0.2, -0.15) is 0 Å². The van der Waals surface area contributed by atoms with Crippen LogP contribution in [0, 0.1) is 0 Å². The topological polar surface area (TPSA) is 29.5 Å². The van der Waals surface area contributed by atoms with E-state index in [2.05, 4.69) is 0 Å². The summed E-state index contributed by atoms with van der Waals surface area (Å²) in [6.45, 7) is 3.73. The van der Waals surface area contributed by atoms with Crippen LogP contribution in [0.3, 0.4) is 0 Å². The number of hydrogen-bond acceptors (Lipinski definition) is 2. The number of hydrogen-bond donors (Lipinski definition) is 0. The van der Waals surface area contributed by atoms with Gasteiger partial charge in [-0.25, -0.2) is 0 Å². The van der Waals surface area contributed by atoms with Crippen molar-refractivity contribution in [2.45, 2.75) is 20.0 Å². The van der Waals surface area contributed by atoms with Crippen LogP contribution < -0.4 is 9.64 Å². The van der Waals surface area contributed by atoms with Gasteiger partial charge in [0.2, 0.25) is 0 Å². The summed E-state index contributed by atoms with van der Waals surface area (Å²) in [6.07, 6.45) is 3.53. The molecule has 16 heavy (non-hydrogen) atoms. The first-order valence-corrected chi connectivity index (χ1v) is 5.35. The van der Waals surface area contributed by atoms with Crippen molar-refractivity contribution in [3.05, 3.63) is 29.8 Å². The van der Waals surface area contributed by atoms with Crippen LogP contribution >= 0.6 is 0 Å². The lowest BCUT2D eigenvalue weighted by molar-refractivity contribution is -0.125. The Hall–Kier alpha value is -1.77. The summed E-state index contributed by atoms with van der Waals surface area (Å²) in [6, 6.07) is 5.80. The van der Waals surface area contributed by atoms with Crippen LogP contribution in [-0.2, 0) is 4.79 Å². The van der Waals surface area contributed by atoms with Crippen molar-refractivity contribution in [1.82, 2.24) is 0 Å². The second-order valence-electron chi connectivity index (χ2n) is 3.85. The van der Waals surface area contributed by atoms with E-state index < -0.39 is 6.10 Å². The van der Waals surface area contributed by atoms with Crippen molar-refractivity contribution in [2.24, 2.45) is 0 Å². The Morgan fingerprint density at radius 3 is 2.88 bits per heavy atom. The number of para-hydroxylation sites is 1. The van der Waals surface area contributed by atoms with Gasteiger partial charge in [0.1, 0.15) is 0 Å². The van der Waals surface area contributed by atoms with Crippen LogP contribution in [0.5, 0.6) is 5.75 Å². The quantitative estimate of drug-likeness (QED) is 0.723. The zero-order valence-electron chi connectivity index (χ0n) is 9.73. The molecule has 3 nitrogen and oxygen atoms in total. The number of ether oxygens (including phenoxy) is 1. The zero-order valence-corrected chi connectivity index (χ0v) is 9.73. The number of likely N-dealkylation sites (N-methyl/N-ethyl adjacent to an activating group) is 1. The van der Waals surface area contributed by atoms with E-state index in [-0.39, 0.29) is 5.91 Å². The Bertz CT molecular complexity index is 451. The number of allylic oxidation sites excluding steroid dienone is 1. The van der Waals surface area contributed by atoms with Gasteiger partial charge in [0.15, 0.2) is 11.9 Å². The summed E-state index contributed by atoms with van der Waals surface area (Å²) in [5.41, 5.74) is 1.84. The SMILES string of the molecule is C/C=C/c1cccc2c1OC(C)C(=O)N2C. The van der Waals surface area contributed by atoms with E-state index in [0.717, 1.165) is 17.0 Å². The maximum atomic E-state index is 11.7. The first kappa shape index (κ1) is 10.7. The highest BCUT2D eigenvalue weighted by Crippen LogP contribution is 2.36. The van der Waals surface area contributed by atoms with E-state index in [9.17, 15) is 4.79 Å². The second-order valence-corrected chi connectivity index (χ2v) is 3.85. The third kappa shape index (κ3) is 1.58. The Morgan fingerprint density at radius 1 is 1.44 bits per heavy atom. The standard InChI is InChI=1S/C13H15NO2/c1-4-6-10-7-5-8-11-12(10)16-9(2)13(15)14(11)3/h4-9H,1-3H3/b6-4+. The predicted octanol–water partition coefficient (Wildman–Crippen LogP) is 2.46. The molecule has 0 bridgehead atoms. The Morgan fingerprint density at radius 2 is 2.19 bits per heavy atom. The van der Waals surface area contributed by atoms with Gasteiger partial charge in [-0.3, -0.25) is 4.79 Å². The van der Waals surface area contributed by atoms with Gasteiger partial charge >= 0.3 is 0 Å². The van der Waals surface area contributed by atoms with Gasteiger partial charge in [-0.15, -0.1) is 0 Å². The molecule has 1 aromatic carbocycles. The number of rotatable bonds is 1. The summed E-state index contributed by atoms with van der Waals surface area (Å²) in [5, 5.41) is 0. The highest BCUT2D eigenvalue weighted by molar-refractivity contribution is 6.00. The minimum atomic E-state index is -0.413. The lowest BCUT2D eigenvalue weighted by Gasteiger charge is -2.31. The van der Waals surface area contributed by atoms with E-state index >= 15 is 0 Å². The minimum absolute atomic E-state index is 0.00914. The molecule has 0 saturated heterocycles. The van der Waals surface area contributed by atoms with Crippen molar-refractivity contribution >= 4 is 17.7 Å². The largest absolute Gasteiger partial charge is 0.478 e. The van der Waals surface area contributed by atoms with Gasteiger partial charge in [0, 0.05) is 12.6 Å². The van der Waals surface area contributed by atoms with Crippen molar-refractivity contribution in [3.8, 4) is 5.75 Å². The maximum absolute atomic E-state index is 11.7. The smallest absolute Gasteiger partial charge is 0.267 e. The fourth-order valence-electron chi connectivity index (χ4n) is 1.86. The number of benzene rings is 1. The number of carbonyl (C=O) groups excluding carboxylic acids is 1. The summed E-state index contributed by atoms with van der Waals surface area (Å²) in [5.74, 6) is 0.778. The summed E-state index contributed by atoms with van der Waals surface area (Å²) < 4.78 is 5.66. The molecule has 1 unspecified atom stereocenters. The third-order valence-electron chi connectivity index (χ3n) is 2.71. The summed E-state index contributed by atoms with van der Waals surface area (Å²) >= 11 is 0. The van der Waals surface area contributed by atoms with E-state index in [1.165, 1.54) is 0 Å². The van der Waals surface area contributed by atoms with Crippen molar-refractivity contribution in [1.29, 1.82) is 0 Å². The normalized spacial score (nSPS) is 19.8. The fraction of sp³-hybridized carbons (Fsp3) is 0.308. The Labute approximate surface area is 95.3 Å². The van der Waals surface area contributed by atoms with Gasteiger partial charge in [-0.05, 0) is 19.9 Å². The van der Waals surface area contributed by atoms with Crippen molar-refractivity contribution < 1.29 is 9.53 Å². The minimum Gasteiger partial charge on any atom is -0.478 e. The molecule has 1 aliphatic rings. The molecule has 1 aromatic rings. The molecule has 0 spiro atoms. The van der Waals surface area contributed by atoms with Gasteiger partial charge in [-0.1, -0.05) is 24.3 Å². The van der Waals surface area contributed by atoms with Gasteiger partial charge in [0.25, 0.3) is 5.91 Å². The highest BCUT2D eigenvalue weighted by atomic mass is 16.5. The molecule has 84 valence electrons. The lowest BCUT2D eigenvalue weighted by atomic mass is 10.1. The monoisotopic (exact) mass is 217 g/mol. The van der Waals surface area contributed by atoms with Gasteiger partial charge < -0.3 is 9.64 Å². The molecule has 2 rings (SSSR count). The average Bonchev–Trinajstić information content (AvgIpc) is 2.28. The van der Waals surface area contributed by atoms with Crippen LogP contribution in [-0.4, -0.2) is 19.1 Å². The first-order valence-electron chi connectivity index (χ1n) is 5.35.